The molecule has 8 heteroatoms. The molecule has 0 bridgehead atoms. The van der Waals surface area contributed by atoms with Gasteiger partial charge >= 0.3 is 0 Å². The fourth-order valence-electron chi connectivity index (χ4n) is 2.44. The molecule has 0 spiro atoms. The van der Waals surface area contributed by atoms with Gasteiger partial charge in [-0.05, 0) is 38.8 Å². The van der Waals surface area contributed by atoms with Crippen LogP contribution in [-0.4, -0.2) is 23.7 Å². The molecule has 0 unspecified atom stereocenters. The van der Waals surface area contributed by atoms with Crippen LogP contribution in [-0.2, 0) is 4.79 Å². The molecular weight excluding hydrogens is 414 g/mol. The lowest BCUT2D eigenvalue weighted by atomic mass is 10.1. The van der Waals surface area contributed by atoms with Gasteiger partial charge in [-0.2, -0.15) is 5.10 Å². The third-order valence-electron chi connectivity index (χ3n) is 3.71. The second kappa shape index (κ2) is 8.41. The molecule has 3 aromatic rings. The van der Waals surface area contributed by atoms with Gasteiger partial charge in [-0.3, -0.25) is 14.9 Å². The summed E-state index contributed by atoms with van der Waals surface area (Å²) in [6.07, 6.45) is 1.22. The number of halogens is 1. The normalized spacial score (nSPS) is 10.9. The van der Waals surface area contributed by atoms with Gasteiger partial charge in [-0.1, -0.05) is 42.5 Å². The van der Waals surface area contributed by atoms with Gasteiger partial charge in [-0.25, -0.2) is 5.43 Å². The number of ether oxygens (including phenoxy) is 1. The Hall–Kier alpha value is -3.26. The Labute approximate surface area is 162 Å². The number of nitro groups is 1. The quantitative estimate of drug-likeness (QED) is 0.364. The Morgan fingerprint density at radius 1 is 1.15 bits per heavy atom. The summed E-state index contributed by atoms with van der Waals surface area (Å²) in [5.41, 5.74) is 2.49. The number of hydrogen-bond acceptors (Lipinski definition) is 5. The number of nitrogens with zero attached hydrogens (tertiary/aromatic N) is 2. The molecule has 0 radical (unpaired) electrons. The van der Waals surface area contributed by atoms with Crippen LogP contribution in [0.2, 0.25) is 0 Å². The van der Waals surface area contributed by atoms with Crippen molar-refractivity contribution in [3.05, 3.63) is 80.8 Å². The van der Waals surface area contributed by atoms with E-state index >= 15 is 0 Å². The van der Waals surface area contributed by atoms with Crippen LogP contribution >= 0.6 is 15.9 Å². The molecule has 0 aromatic heterocycles. The molecule has 3 rings (SSSR count). The minimum Gasteiger partial charge on any atom is -0.483 e. The van der Waals surface area contributed by atoms with Crippen molar-refractivity contribution in [3.8, 4) is 5.75 Å². The van der Waals surface area contributed by atoms with E-state index in [-0.39, 0.29) is 12.3 Å². The molecule has 3 aromatic carbocycles. The maximum atomic E-state index is 11.9. The summed E-state index contributed by atoms with van der Waals surface area (Å²) in [4.78, 5) is 22.3. The zero-order valence-electron chi connectivity index (χ0n) is 14.0. The van der Waals surface area contributed by atoms with E-state index in [1.165, 1.54) is 18.3 Å². The summed E-state index contributed by atoms with van der Waals surface area (Å²) in [6, 6.07) is 17.6. The highest BCUT2D eigenvalue weighted by molar-refractivity contribution is 9.10. The molecule has 0 heterocycles. The smallest absolute Gasteiger partial charge is 0.278 e. The third-order valence-corrected chi connectivity index (χ3v) is 4.53. The number of benzene rings is 3. The summed E-state index contributed by atoms with van der Waals surface area (Å²) < 4.78 is 6.29. The molecule has 0 fully saturated rings. The van der Waals surface area contributed by atoms with Crippen LogP contribution in [0.1, 0.15) is 5.56 Å². The number of hydrogen-bond donors (Lipinski definition) is 1. The maximum Gasteiger partial charge on any atom is 0.278 e. The highest BCUT2D eigenvalue weighted by Gasteiger charge is 2.11. The molecule has 1 N–H and O–H groups in total. The van der Waals surface area contributed by atoms with Crippen molar-refractivity contribution in [2.45, 2.75) is 0 Å². The molecule has 27 heavy (non-hydrogen) atoms. The SMILES string of the molecule is O=C(COc1ccc2ccccc2c1Br)N/N=C\c1ccccc1[N+](=O)[O-]. The van der Waals surface area contributed by atoms with Gasteiger partial charge in [0, 0.05) is 6.07 Å². The van der Waals surface area contributed by atoms with Crippen molar-refractivity contribution in [3.63, 3.8) is 0 Å². The highest BCUT2D eigenvalue weighted by Crippen LogP contribution is 2.32. The molecule has 0 aliphatic heterocycles. The van der Waals surface area contributed by atoms with Crippen LogP contribution in [0.3, 0.4) is 0 Å². The van der Waals surface area contributed by atoms with Gasteiger partial charge in [0.15, 0.2) is 6.61 Å². The van der Waals surface area contributed by atoms with Crippen LogP contribution < -0.4 is 10.2 Å². The van der Waals surface area contributed by atoms with E-state index in [0.717, 1.165) is 15.2 Å². The number of para-hydroxylation sites is 1. The van der Waals surface area contributed by atoms with Crippen molar-refractivity contribution >= 4 is 44.5 Å². The number of nitrogens with one attached hydrogen (secondary N) is 1. The zero-order chi connectivity index (χ0) is 19.2. The van der Waals surface area contributed by atoms with Crippen LogP contribution in [0.15, 0.2) is 70.2 Å². The van der Waals surface area contributed by atoms with Crippen molar-refractivity contribution < 1.29 is 14.5 Å². The summed E-state index contributed by atoms with van der Waals surface area (Å²) in [6.45, 7) is -0.245. The molecule has 7 nitrogen and oxygen atoms in total. The molecule has 0 saturated carbocycles. The maximum absolute atomic E-state index is 11.9. The highest BCUT2D eigenvalue weighted by atomic mass is 79.9. The predicted molar refractivity (Wildman–Crippen MR) is 106 cm³/mol. The Bertz CT molecular complexity index is 1040. The van der Waals surface area contributed by atoms with Crippen LogP contribution in [0.5, 0.6) is 5.75 Å². The first-order chi connectivity index (χ1) is 13.1. The van der Waals surface area contributed by atoms with E-state index in [4.69, 9.17) is 4.74 Å². The minimum atomic E-state index is -0.510. The first kappa shape index (κ1) is 18.5. The summed E-state index contributed by atoms with van der Waals surface area (Å²) in [5.74, 6) is 0.0522. The second-order valence-electron chi connectivity index (χ2n) is 5.50. The monoisotopic (exact) mass is 427 g/mol. The number of carbonyl (C=O) groups excluding carboxylic acids is 1. The number of nitro benzene ring substituents is 1. The van der Waals surface area contributed by atoms with Crippen molar-refractivity contribution in [2.75, 3.05) is 6.61 Å². The Balaban J connectivity index is 1.61. The van der Waals surface area contributed by atoms with Crippen molar-refractivity contribution in [1.82, 2.24) is 5.43 Å². The van der Waals surface area contributed by atoms with Crippen LogP contribution in [0.4, 0.5) is 5.69 Å². The van der Waals surface area contributed by atoms with Gasteiger partial charge in [-0.15, -0.1) is 0 Å². The fourth-order valence-corrected chi connectivity index (χ4v) is 3.05. The average Bonchev–Trinajstić information content (AvgIpc) is 2.68. The Kier molecular flexibility index (Phi) is 5.77. The van der Waals surface area contributed by atoms with Gasteiger partial charge in [0.1, 0.15) is 5.75 Å². The van der Waals surface area contributed by atoms with E-state index < -0.39 is 10.8 Å². The average molecular weight is 428 g/mol. The molecule has 136 valence electrons. The lowest BCUT2D eigenvalue weighted by molar-refractivity contribution is -0.385. The largest absolute Gasteiger partial charge is 0.483 e. The van der Waals surface area contributed by atoms with E-state index in [9.17, 15) is 14.9 Å². The van der Waals surface area contributed by atoms with E-state index in [2.05, 4.69) is 26.5 Å². The molecule has 0 atom stereocenters. The van der Waals surface area contributed by atoms with Crippen LogP contribution in [0, 0.1) is 10.1 Å². The zero-order valence-corrected chi connectivity index (χ0v) is 15.5. The van der Waals surface area contributed by atoms with E-state index in [0.29, 0.717) is 11.3 Å². The lowest BCUT2D eigenvalue weighted by Crippen LogP contribution is -2.24. The third kappa shape index (κ3) is 4.48. The molecule has 1 amide bonds. The Morgan fingerprint density at radius 2 is 1.89 bits per heavy atom. The topological polar surface area (TPSA) is 93.8 Å². The second-order valence-corrected chi connectivity index (χ2v) is 6.29. The molecule has 0 aliphatic rings. The minimum absolute atomic E-state index is 0.0909. The van der Waals surface area contributed by atoms with Crippen LogP contribution in [0.25, 0.3) is 10.8 Å². The number of hydrazone groups is 1. The lowest BCUT2D eigenvalue weighted by Gasteiger charge is -2.09. The number of fused-ring (bicyclic) bond motifs is 1. The molecular formula is C19H14BrN3O4. The number of carbonyl (C=O) groups is 1. The first-order valence-electron chi connectivity index (χ1n) is 7.91. The fraction of sp³-hybridized carbons (Fsp3) is 0.0526. The van der Waals surface area contributed by atoms with E-state index in [1.54, 1.807) is 18.2 Å². The number of rotatable bonds is 6. The summed E-state index contributed by atoms with van der Waals surface area (Å²) >= 11 is 3.49. The predicted octanol–water partition coefficient (Wildman–Crippen LogP) is 4.04. The molecule has 0 saturated heterocycles. The summed E-state index contributed by atoms with van der Waals surface area (Å²) in [7, 11) is 0. The van der Waals surface area contributed by atoms with Gasteiger partial charge in [0.2, 0.25) is 0 Å². The van der Waals surface area contributed by atoms with Crippen molar-refractivity contribution in [1.29, 1.82) is 0 Å². The summed E-state index contributed by atoms with van der Waals surface area (Å²) in [5, 5.41) is 16.7. The van der Waals surface area contributed by atoms with Gasteiger partial charge in [0.05, 0.1) is 21.2 Å². The first-order valence-corrected chi connectivity index (χ1v) is 8.71. The van der Waals surface area contributed by atoms with Crippen molar-refractivity contribution in [2.24, 2.45) is 5.10 Å². The standard InChI is InChI=1S/C19H14BrN3O4/c20-19-15-7-3-1-5-13(15)9-10-17(19)27-12-18(24)22-21-11-14-6-2-4-8-16(14)23(25)26/h1-11H,12H2,(H,22,24)/b21-11-. The van der Waals surface area contributed by atoms with Gasteiger partial charge in [0.25, 0.3) is 11.6 Å². The van der Waals surface area contributed by atoms with E-state index in [1.807, 2.05) is 30.3 Å². The molecule has 0 aliphatic carbocycles. The number of amides is 1. The Morgan fingerprint density at radius 3 is 2.70 bits per heavy atom. The van der Waals surface area contributed by atoms with Gasteiger partial charge < -0.3 is 4.74 Å².